The van der Waals surface area contributed by atoms with E-state index in [1.54, 1.807) is 29.1 Å². The summed E-state index contributed by atoms with van der Waals surface area (Å²) in [6.07, 6.45) is 5.12. The Morgan fingerprint density at radius 1 is 1.21 bits per heavy atom. The lowest BCUT2D eigenvalue weighted by Gasteiger charge is -2.09. The minimum absolute atomic E-state index is 0.153. The number of pyridine rings is 1. The number of hydrogen-bond donors (Lipinski definition) is 2. The first-order chi connectivity index (χ1) is 13.5. The molecule has 1 fully saturated rings. The van der Waals surface area contributed by atoms with Crippen molar-refractivity contribution in [2.45, 2.75) is 31.4 Å². The van der Waals surface area contributed by atoms with Crippen molar-refractivity contribution in [3.8, 4) is 6.07 Å². The third-order valence-corrected chi connectivity index (χ3v) is 4.77. The summed E-state index contributed by atoms with van der Waals surface area (Å²) in [4.78, 5) is 16.5. The molecule has 0 unspecified atom stereocenters. The van der Waals surface area contributed by atoms with Crippen molar-refractivity contribution in [2.75, 3.05) is 5.32 Å². The number of amides is 1. The molecule has 1 saturated carbocycles. The lowest BCUT2D eigenvalue weighted by Crippen LogP contribution is -2.15. The summed E-state index contributed by atoms with van der Waals surface area (Å²) in [5.74, 6) is 0.321. The van der Waals surface area contributed by atoms with Gasteiger partial charge in [-0.25, -0.2) is 0 Å². The number of carbonyl (C=O) groups excluding carboxylic acids is 1. The summed E-state index contributed by atoms with van der Waals surface area (Å²) in [5, 5.41) is 26.0. The van der Waals surface area contributed by atoms with Crippen LogP contribution < -0.4 is 5.32 Å². The Bertz CT molecular complexity index is 1030. The van der Waals surface area contributed by atoms with Crippen LogP contribution in [-0.4, -0.2) is 25.8 Å². The first-order valence-electron chi connectivity index (χ1n) is 9.04. The number of carbonyl (C=O) groups is 1. The van der Waals surface area contributed by atoms with Gasteiger partial charge in [0.15, 0.2) is 5.82 Å². The molecular formula is C21H19N5O2. The number of rotatable bonds is 6. The molecular weight excluding hydrogens is 354 g/mol. The molecule has 3 aromatic rings. The molecule has 0 spiro atoms. The molecule has 0 aliphatic heterocycles. The first kappa shape index (κ1) is 17.9. The number of aliphatic hydroxyl groups is 1. The largest absolute Gasteiger partial charge is 0.385 e. The van der Waals surface area contributed by atoms with E-state index >= 15 is 0 Å². The van der Waals surface area contributed by atoms with Crippen molar-refractivity contribution in [1.82, 2.24) is 14.8 Å². The topological polar surface area (TPSA) is 104 Å². The second-order valence-corrected chi connectivity index (χ2v) is 7.00. The van der Waals surface area contributed by atoms with E-state index in [2.05, 4.69) is 15.4 Å². The lowest BCUT2D eigenvalue weighted by atomic mass is 10.0. The third kappa shape index (κ3) is 4.08. The first-order valence-corrected chi connectivity index (χ1v) is 9.04. The molecule has 1 amide bonds. The van der Waals surface area contributed by atoms with Gasteiger partial charge in [0.2, 0.25) is 5.91 Å². The van der Waals surface area contributed by atoms with Crippen molar-refractivity contribution in [1.29, 1.82) is 5.26 Å². The highest BCUT2D eigenvalue weighted by Crippen LogP contribution is 2.45. The van der Waals surface area contributed by atoms with Gasteiger partial charge in [0.05, 0.1) is 29.8 Å². The van der Waals surface area contributed by atoms with Crippen LogP contribution in [0.25, 0.3) is 0 Å². The minimum atomic E-state index is -0.655. The molecule has 0 saturated heterocycles. The van der Waals surface area contributed by atoms with E-state index in [9.17, 15) is 9.90 Å². The summed E-state index contributed by atoms with van der Waals surface area (Å²) in [6.45, 7) is 0.450. The van der Waals surface area contributed by atoms with Gasteiger partial charge < -0.3 is 10.4 Å². The number of nitrogens with zero attached hydrogens (tertiary/aromatic N) is 4. The fraction of sp³-hybridized carbons (Fsp3) is 0.238. The summed E-state index contributed by atoms with van der Waals surface area (Å²) in [5.41, 5.74) is 2.42. The highest BCUT2D eigenvalue weighted by Gasteiger charge is 2.41. The predicted octanol–water partition coefficient (Wildman–Crippen LogP) is 2.36. The van der Waals surface area contributed by atoms with Crippen molar-refractivity contribution >= 4 is 11.7 Å². The SMILES string of the molecule is N#Cc1ccc(Cn2ccc(NC(=O)Cc3ccc(C4(O)CC4)cc3)n2)nc1. The quantitative estimate of drug-likeness (QED) is 0.690. The molecule has 7 heteroatoms. The van der Waals surface area contributed by atoms with E-state index in [-0.39, 0.29) is 12.3 Å². The molecule has 2 N–H and O–H groups in total. The zero-order chi connectivity index (χ0) is 19.6. The van der Waals surface area contributed by atoms with Crippen LogP contribution in [0.5, 0.6) is 0 Å². The molecule has 0 bridgehead atoms. The highest BCUT2D eigenvalue weighted by atomic mass is 16.3. The van der Waals surface area contributed by atoms with Gasteiger partial charge in [0.25, 0.3) is 0 Å². The minimum Gasteiger partial charge on any atom is -0.385 e. The van der Waals surface area contributed by atoms with E-state index < -0.39 is 5.60 Å². The fourth-order valence-corrected chi connectivity index (χ4v) is 2.98. The zero-order valence-electron chi connectivity index (χ0n) is 15.2. The van der Waals surface area contributed by atoms with Gasteiger partial charge in [-0.2, -0.15) is 10.4 Å². The second-order valence-electron chi connectivity index (χ2n) is 7.00. The monoisotopic (exact) mass is 373 g/mol. The van der Waals surface area contributed by atoms with Crippen LogP contribution in [0, 0.1) is 11.3 Å². The van der Waals surface area contributed by atoms with Gasteiger partial charge in [0, 0.05) is 18.5 Å². The summed E-state index contributed by atoms with van der Waals surface area (Å²) in [7, 11) is 0. The number of anilines is 1. The Kier molecular flexibility index (Phi) is 4.63. The Morgan fingerprint density at radius 3 is 2.64 bits per heavy atom. The number of nitrogens with one attached hydrogen (secondary N) is 1. The standard InChI is InChI=1S/C21H19N5O2/c22-12-16-3-6-18(23-13-16)14-26-10-7-19(25-26)24-20(27)11-15-1-4-17(5-2-15)21(28)8-9-21/h1-7,10,13,28H,8-9,11,14H2,(H,24,25,27). The summed E-state index contributed by atoms with van der Waals surface area (Å²) in [6, 6.07) is 14.8. The van der Waals surface area contributed by atoms with Crippen molar-refractivity contribution in [3.05, 3.63) is 77.2 Å². The highest BCUT2D eigenvalue weighted by molar-refractivity contribution is 5.91. The van der Waals surface area contributed by atoms with Gasteiger partial charge in [0.1, 0.15) is 6.07 Å². The Labute approximate surface area is 162 Å². The van der Waals surface area contributed by atoms with Crippen LogP contribution in [0.3, 0.4) is 0 Å². The molecule has 0 radical (unpaired) electrons. The van der Waals surface area contributed by atoms with Crippen molar-refractivity contribution in [2.24, 2.45) is 0 Å². The Hall–Kier alpha value is -3.50. The van der Waals surface area contributed by atoms with Crippen LogP contribution >= 0.6 is 0 Å². The number of nitriles is 1. The van der Waals surface area contributed by atoms with Gasteiger partial charge in [-0.1, -0.05) is 24.3 Å². The number of hydrogen-bond acceptors (Lipinski definition) is 5. The maximum Gasteiger partial charge on any atom is 0.229 e. The fourth-order valence-electron chi connectivity index (χ4n) is 2.98. The molecule has 7 nitrogen and oxygen atoms in total. The van der Waals surface area contributed by atoms with Crippen molar-refractivity contribution < 1.29 is 9.90 Å². The van der Waals surface area contributed by atoms with E-state index in [4.69, 9.17) is 5.26 Å². The molecule has 140 valence electrons. The smallest absolute Gasteiger partial charge is 0.229 e. The second kappa shape index (κ2) is 7.25. The van der Waals surface area contributed by atoms with Gasteiger partial charge in [-0.15, -0.1) is 0 Å². The number of benzene rings is 1. The third-order valence-electron chi connectivity index (χ3n) is 4.77. The van der Waals surface area contributed by atoms with E-state index in [1.807, 2.05) is 30.3 Å². The van der Waals surface area contributed by atoms with Crippen LogP contribution in [0.4, 0.5) is 5.82 Å². The van der Waals surface area contributed by atoms with Gasteiger partial charge in [-0.05, 0) is 36.1 Å². The van der Waals surface area contributed by atoms with Crippen LogP contribution in [0.2, 0.25) is 0 Å². The molecule has 4 rings (SSSR count). The molecule has 1 aliphatic rings. The maximum atomic E-state index is 12.3. The van der Waals surface area contributed by atoms with Crippen LogP contribution in [-0.2, 0) is 23.4 Å². The predicted molar refractivity (Wildman–Crippen MR) is 102 cm³/mol. The normalized spacial score (nSPS) is 14.3. The van der Waals surface area contributed by atoms with Crippen LogP contribution in [0.15, 0.2) is 54.9 Å². The molecule has 0 atom stereocenters. The average Bonchev–Trinajstić information content (AvgIpc) is 3.31. The number of aromatic nitrogens is 3. The van der Waals surface area contributed by atoms with Crippen LogP contribution in [0.1, 0.15) is 35.2 Å². The van der Waals surface area contributed by atoms with Gasteiger partial charge >= 0.3 is 0 Å². The van der Waals surface area contributed by atoms with E-state index in [1.165, 1.54) is 6.20 Å². The van der Waals surface area contributed by atoms with E-state index in [0.717, 1.165) is 29.7 Å². The molecule has 2 aromatic heterocycles. The van der Waals surface area contributed by atoms with E-state index in [0.29, 0.717) is 17.9 Å². The molecule has 28 heavy (non-hydrogen) atoms. The average molecular weight is 373 g/mol. The lowest BCUT2D eigenvalue weighted by molar-refractivity contribution is -0.115. The molecule has 1 aromatic carbocycles. The Balaban J connectivity index is 1.32. The molecule has 2 heterocycles. The summed E-state index contributed by atoms with van der Waals surface area (Å²) < 4.78 is 1.68. The zero-order valence-corrected chi connectivity index (χ0v) is 15.2. The Morgan fingerprint density at radius 2 is 2.00 bits per heavy atom. The maximum absolute atomic E-state index is 12.3. The summed E-state index contributed by atoms with van der Waals surface area (Å²) >= 11 is 0. The van der Waals surface area contributed by atoms with Crippen molar-refractivity contribution in [3.63, 3.8) is 0 Å². The molecule has 1 aliphatic carbocycles. The van der Waals surface area contributed by atoms with Gasteiger partial charge in [-0.3, -0.25) is 14.5 Å².